The van der Waals surface area contributed by atoms with Gasteiger partial charge in [0.05, 0.1) is 11.3 Å². The van der Waals surface area contributed by atoms with Crippen LogP contribution in [0.3, 0.4) is 0 Å². The van der Waals surface area contributed by atoms with E-state index in [1.165, 1.54) is 11.0 Å². The van der Waals surface area contributed by atoms with Crippen LogP contribution >= 0.6 is 11.6 Å². The largest absolute Gasteiger partial charge is 0.418 e. The maximum absolute atomic E-state index is 13.1. The van der Waals surface area contributed by atoms with E-state index < -0.39 is 29.2 Å². The number of anilines is 1. The SMILES string of the molecule is O=C(Nc1ccc(Cl)cc1C(F)(F)F)C(=O)N1CCN(Cc2ccccc2)CC1. The van der Waals surface area contributed by atoms with E-state index in [4.69, 9.17) is 11.6 Å². The Morgan fingerprint density at radius 2 is 1.66 bits per heavy atom. The molecule has 3 rings (SSSR count). The summed E-state index contributed by atoms with van der Waals surface area (Å²) in [5.41, 5.74) is -0.450. The number of halogens is 4. The summed E-state index contributed by atoms with van der Waals surface area (Å²) in [6.07, 6.45) is -4.71. The van der Waals surface area contributed by atoms with E-state index in [9.17, 15) is 22.8 Å². The zero-order valence-electron chi connectivity index (χ0n) is 15.4. The van der Waals surface area contributed by atoms with Gasteiger partial charge in [-0.3, -0.25) is 14.5 Å². The Labute approximate surface area is 171 Å². The van der Waals surface area contributed by atoms with E-state index in [1.54, 1.807) is 0 Å². The summed E-state index contributed by atoms with van der Waals surface area (Å²) in [5, 5.41) is 1.96. The van der Waals surface area contributed by atoms with Gasteiger partial charge in [-0.25, -0.2) is 0 Å². The van der Waals surface area contributed by atoms with Gasteiger partial charge in [0.1, 0.15) is 0 Å². The summed E-state index contributed by atoms with van der Waals surface area (Å²) < 4.78 is 39.4. The molecule has 0 atom stereocenters. The van der Waals surface area contributed by atoms with Gasteiger partial charge >= 0.3 is 18.0 Å². The van der Waals surface area contributed by atoms with Crippen LogP contribution in [0.5, 0.6) is 0 Å². The first kappa shape index (κ1) is 21.1. The molecule has 9 heteroatoms. The van der Waals surface area contributed by atoms with Crippen LogP contribution in [-0.2, 0) is 22.3 Å². The third-order valence-electron chi connectivity index (χ3n) is 4.64. The van der Waals surface area contributed by atoms with E-state index in [2.05, 4.69) is 10.2 Å². The second kappa shape index (κ2) is 8.84. The number of carbonyl (C=O) groups excluding carboxylic acids is 2. The molecule has 0 aliphatic carbocycles. The fourth-order valence-corrected chi connectivity index (χ4v) is 3.30. The van der Waals surface area contributed by atoms with Crippen LogP contribution in [0.25, 0.3) is 0 Å². The highest BCUT2D eigenvalue weighted by Gasteiger charge is 2.35. The quantitative estimate of drug-likeness (QED) is 0.764. The summed E-state index contributed by atoms with van der Waals surface area (Å²) in [7, 11) is 0. The Morgan fingerprint density at radius 3 is 2.28 bits per heavy atom. The Balaban J connectivity index is 1.59. The molecule has 0 unspecified atom stereocenters. The summed E-state index contributed by atoms with van der Waals surface area (Å²) >= 11 is 5.62. The molecule has 1 N–H and O–H groups in total. The number of amides is 2. The van der Waals surface area contributed by atoms with Gasteiger partial charge < -0.3 is 10.2 Å². The maximum atomic E-state index is 13.1. The van der Waals surface area contributed by atoms with Crippen molar-refractivity contribution in [1.29, 1.82) is 0 Å². The molecule has 2 aromatic rings. The molecule has 1 fully saturated rings. The van der Waals surface area contributed by atoms with Crippen molar-refractivity contribution in [2.75, 3.05) is 31.5 Å². The van der Waals surface area contributed by atoms with Crippen LogP contribution in [-0.4, -0.2) is 47.8 Å². The predicted octanol–water partition coefficient (Wildman–Crippen LogP) is 3.64. The lowest BCUT2D eigenvalue weighted by molar-refractivity contribution is -0.144. The van der Waals surface area contributed by atoms with Crippen molar-refractivity contribution < 1.29 is 22.8 Å². The fourth-order valence-electron chi connectivity index (χ4n) is 3.13. The average molecular weight is 426 g/mol. The van der Waals surface area contributed by atoms with Gasteiger partial charge in [-0.1, -0.05) is 41.9 Å². The number of alkyl halides is 3. The highest BCUT2D eigenvalue weighted by atomic mass is 35.5. The molecule has 0 spiro atoms. The predicted molar refractivity (Wildman–Crippen MR) is 103 cm³/mol. The van der Waals surface area contributed by atoms with Gasteiger partial charge in [-0.2, -0.15) is 13.2 Å². The third kappa shape index (κ3) is 5.48. The molecule has 29 heavy (non-hydrogen) atoms. The van der Waals surface area contributed by atoms with Gasteiger partial charge in [0.25, 0.3) is 0 Å². The van der Waals surface area contributed by atoms with Crippen molar-refractivity contribution in [3.8, 4) is 0 Å². The Bertz CT molecular complexity index is 882. The molecule has 1 aliphatic heterocycles. The zero-order chi connectivity index (χ0) is 21.0. The van der Waals surface area contributed by atoms with Gasteiger partial charge in [0.15, 0.2) is 0 Å². The van der Waals surface area contributed by atoms with E-state index in [0.717, 1.165) is 18.2 Å². The second-order valence-corrected chi connectivity index (χ2v) is 7.13. The van der Waals surface area contributed by atoms with E-state index in [0.29, 0.717) is 32.2 Å². The van der Waals surface area contributed by atoms with Gasteiger partial charge in [-0.05, 0) is 23.8 Å². The van der Waals surface area contributed by atoms with E-state index >= 15 is 0 Å². The molecule has 2 amide bonds. The first-order chi connectivity index (χ1) is 13.7. The van der Waals surface area contributed by atoms with Crippen LogP contribution in [0.1, 0.15) is 11.1 Å². The molecule has 0 bridgehead atoms. The first-order valence-corrected chi connectivity index (χ1v) is 9.35. The lowest BCUT2D eigenvalue weighted by Gasteiger charge is -2.34. The molecule has 1 aliphatic rings. The Hall–Kier alpha value is -2.58. The first-order valence-electron chi connectivity index (χ1n) is 8.97. The smallest absolute Gasteiger partial charge is 0.332 e. The van der Waals surface area contributed by atoms with Crippen molar-refractivity contribution in [2.45, 2.75) is 12.7 Å². The maximum Gasteiger partial charge on any atom is 0.418 e. The molecule has 0 radical (unpaired) electrons. The highest BCUT2D eigenvalue weighted by Crippen LogP contribution is 2.36. The normalized spacial score (nSPS) is 15.2. The molecule has 5 nitrogen and oxygen atoms in total. The standard InChI is InChI=1S/C20H19ClF3N3O2/c21-15-6-7-17(16(12-15)20(22,23)24)25-18(28)19(29)27-10-8-26(9-11-27)13-14-4-2-1-3-5-14/h1-7,12H,8-11,13H2,(H,25,28). The van der Waals surface area contributed by atoms with Gasteiger partial charge in [-0.15, -0.1) is 0 Å². The third-order valence-corrected chi connectivity index (χ3v) is 4.87. The number of hydrogen-bond acceptors (Lipinski definition) is 3. The lowest BCUT2D eigenvalue weighted by Crippen LogP contribution is -2.51. The number of carbonyl (C=O) groups is 2. The average Bonchev–Trinajstić information content (AvgIpc) is 2.69. The number of piperazine rings is 1. The van der Waals surface area contributed by atoms with Gasteiger partial charge in [0.2, 0.25) is 0 Å². The van der Waals surface area contributed by atoms with Crippen molar-refractivity contribution >= 4 is 29.1 Å². The van der Waals surface area contributed by atoms with Crippen LogP contribution in [0.4, 0.5) is 18.9 Å². The minimum absolute atomic E-state index is 0.115. The number of rotatable bonds is 3. The molecule has 1 saturated heterocycles. The van der Waals surface area contributed by atoms with Crippen molar-refractivity contribution in [3.05, 3.63) is 64.7 Å². The summed E-state index contributed by atoms with van der Waals surface area (Å²) in [4.78, 5) is 28.1. The molecular formula is C20H19ClF3N3O2. The van der Waals surface area contributed by atoms with Crippen molar-refractivity contribution in [1.82, 2.24) is 9.80 Å². The van der Waals surface area contributed by atoms with E-state index in [1.807, 2.05) is 30.3 Å². The zero-order valence-corrected chi connectivity index (χ0v) is 16.1. The van der Waals surface area contributed by atoms with Crippen LogP contribution < -0.4 is 5.32 Å². The minimum atomic E-state index is -4.71. The van der Waals surface area contributed by atoms with Crippen LogP contribution in [0.15, 0.2) is 48.5 Å². The number of hydrogen-bond donors (Lipinski definition) is 1. The van der Waals surface area contributed by atoms with Crippen LogP contribution in [0.2, 0.25) is 5.02 Å². The monoisotopic (exact) mass is 425 g/mol. The number of nitrogens with zero attached hydrogens (tertiary/aromatic N) is 2. The minimum Gasteiger partial charge on any atom is -0.332 e. The van der Waals surface area contributed by atoms with E-state index in [-0.39, 0.29) is 5.02 Å². The summed E-state index contributed by atoms with van der Waals surface area (Å²) in [6.45, 7) is 2.53. The molecule has 0 saturated carbocycles. The molecular weight excluding hydrogens is 407 g/mol. The lowest BCUT2D eigenvalue weighted by atomic mass is 10.1. The van der Waals surface area contributed by atoms with Gasteiger partial charge in [0, 0.05) is 37.7 Å². The fraction of sp³-hybridized carbons (Fsp3) is 0.300. The topological polar surface area (TPSA) is 52.7 Å². The van der Waals surface area contributed by atoms with Crippen LogP contribution in [0, 0.1) is 0 Å². The summed E-state index contributed by atoms with van der Waals surface area (Å²) in [5.74, 6) is -1.96. The van der Waals surface area contributed by atoms with Crippen molar-refractivity contribution in [3.63, 3.8) is 0 Å². The summed E-state index contributed by atoms with van der Waals surface area (Å²) in [6, 6.07) is 12.8. The highest BCUT2D eigenvalue weighted by molar-refractivity contribution is 6.39. The molecule has 2 aromatic carbocycles. The second-order valence-electron chi connectivity index (χ2n) is 6.70. The Morgan fingerprint density at radius 1 is 1.00 bits per heavy atom. The Kier molecular flexibility index (Phi) is 6.44. The molecule has 1 heterocycles. The molecule has 154 valence electrons. The number of nitrogens with one attached hydrogen (secondary N) is 1. The molecule has 0 aromatic heterocycles. The number of benzene rings is 2. The van der Waals surface area contributed by atoms with Crippen molar-refractivity contribution in [2.24, 2.45) is 0 Å².